The number of sulfonamides is 1. The fraction of sp³-hybridized carbons (Fsp3) is 0.103. The molecule has 0 saturated heterocycles. The fourth-order valence-electron chi connectivity index (χ4n) is 3.53. The number of hydrogen-bond acceptors (Lipinski definition) is 8. The highest BCUT2D eigenvalue weighted by molar-refractivity contribution is 7.92. The number of anilines is 2. The second-order valence-corrected chi connectivity index (χ2v) is 10.3. The summed E-state index contributed by atoms with van der Waals surface area (Å²) in [6, 6.07) is 26.2. The normalized spacial score (nSPS) is 11.0. The van der Waals surface area contributed by atoms with Gasteiger partial charge < -0.3 is 14.8 Å². The van der Waals surface area contributed by atoms with Crippen LogP contribution >= 0.6 is 0 Å². The molecule has 210 valence electrons. The summed E-state index contributed by atoms with van der Waals surface area (Å²) in [7, 11) is -2.49. The van der Waals surface area contributed by atoms with Crippen LogP contribution in [0.15, 0.2) is 113 Å². The van der Waals surface area contributed by atoms with Crippen LogP contribution in [0.3, 0.4) is 0 Å². The summed E-state index contributed by atoms with van der Waals surface area (Å²) >= 11 is 0. The number of rotatable bonds is 12. The zero-order valence-electron chi connectivity index (χ0n) is 22.0. The predicted octanol–water partition coefficient (Wildman–Crippen LogP) is 3.45. The van der Waals surface area contributed by atoms with Crippen molar-refractivity contribution in [2.75, 3.05) is 29.9 Å². The Balaban J connectivity index is 1.30. The molecule has 0 bridgehead atoms. The van der Waals surface area contributed by atoms with Gasteiger partial charge in [-0.15, -0.1) is 0 Å². The summed E-state index contributed by atoms with van der Waals surface area (Å²) in [5.74, 6) is 0.272. The van der Waals surface area contributed by atoms with Crippen molar-refractivity contribution in [2.24, 2.45) is 5.10 Å². The second-order valence-electron chi connectivity index (χ2n) is 8.44. The first-order chi connectivity index (χ1) is 19.8. The molecule has 1 aromatic heterocycles. The van der Waals surface area contributed by atoms with Crippen molar-refractivity contribution in [3.05, 3.63) is 109 Å². The molecular formula is C29H27N5O6S. The number of hydrazone groups is 1. The molecule has 11 nitrogen and oxygen atoms in total. The minimum absolute atomic E-state index is 0.0301. The highest BCUT2D eigenvalue weighted by Gasteiger charge is 2.27. The van der Waals surface area contributed by atoms with Crippen LogP contribution in [0.5, 0.6) is 11.5 Å². The number of pyridine rings is 1. The van der Waals surface area contributed by atoms with Gasteiger partial charge in [-0.3, -0.25) is 9.59 Å². The molecule has 1 heterocycles. The standard InChI is InChI=1S/C29H27N5O6S/c1-39-24-16-12-23(13-17-24)32-29(36)21-40-25-14-10-22(11-15-25)19-31-33-28(35)20-34(27-9-5-6-18-30-27)41(37,38)26-7-3-2-4-8-26/h2-19H,20-21H2,1H3,(H,32,36)(H,33,35)/b31-19-. The van der Waals surface area contributed by atoms with Gasteiger partial charge in [0.25, 0.3) is 21.8 Å². The number of ether oxygens (including phenoxy) is 2. The van der Waals surface area contributed by atoms with Crippen LogP contribution in [0.2, 0.25) is 0 Å². The van der Waals surface area contributed by atoms with Crippen LogP contribution in [0.4, 0.5) is 11.5 Å². The van der Waals surface area contributed by atoms with Crippen LogP contribution < -0.4 is 24.5 Å². The van der Waals surface area contributed by atoms with Crippen molar-refractivity contribution in [3.63, 3.8) is 0 Å². The Hall–Kier alpha value is -5.23. The quantitative estimate of drug-likeness (QED) is 0.195. The number of methoxy groups -OCH3 is 1. The van der Waals surface area contributed by atoms with E-state index in [1.807, 2.05) is 0 Å². The maximum absolute atomic E-state index is 13.2. The molecule has 0 saturated carbocycles. The monoisotopic (exact) mass is 573 g/mol. The number of aromatic nitrogens is 1. The average molecular weight is 574 g/mol. The van der Waals surface area contributed by atoms with E-state index in [2.05, 4.69) is 20.8 Å². The van der Waals surface area contributed by atoms with Crippen LogP contribution in [-0.4, -0.2) is 51.7 Å². The van der Waals surface area contributed by atoms with E-state index in [4.69, 9.17) is 9.47 Å². The van der Waals surface area contributed by atoms with Crippen LogP contribution in [0, 0.1) is 0 Å². The van der Waals surface area contributed by atoms with Gasteiger partial charge in [-0.1, -0.05) is 24.3 Å². The molecule has 4 rings (SSSR count). The van der Waals surface area contributed by atoms with Gasteiger partial charge in [0.05, 0.1) is 18.2 Å². The van der Waals surface area contributed by atoms with Crippen molar-refractivity contribution >= 4 is 39.6 Å². The number of carbonyl (C=O) groups is 2. The van der Waals surface area contributed by atoms with E-state index in [0.717, 1.165) is 4.31 Å². The van der Waals surface area contributed by atoms with E-state index in [1.165, 1.54) is 30.6 Å². The third kappa shape index (κ3) is 8.13. The minimum atomic E-state index is -4.05. The highest BCUT2D eigenvalue weighted by atomic mass is 32.2. The molecule has 2 N–H and O–H groups in total. The summed E-state index contributed by atoms with van der Waals surface area (Å²) in [5.41, 5.74) is 3.60. The smallest absolute Gasteiger partial charge is 0.265 e. The number of nitrogens with one attached hydrogen (secondary N) is 2. The third-order valence-electron chi connectivity index (χ3n) is 5.55. The predicted molar refractivity (Wildman–Crippen MR) is 155 cm³/mol. The first-order valence-corrected chi connectivity index (χ1v) is 13.8. The lowest BCUT2D eigenvalue weighted by molar-refractivity contribution is -0.119. The molecule has 0 fully saturated rings. The Morgan fingerprint density at radius 3 is 2.22 bits per heavy atom. The maximum atomic E-state index is 13.2. The molecule has 0 spiro atoms. The van der Waals surface area contributed by atoms with Gasteiger partial charge in [0.2, 0.25) is 0 Å². The Morgan fingerprint density at radius 1 is 0.878 bits per heavy atom. The Bertz CT molecular complexity index is 1580. The second kappa shape index (κ2) is 13.7. The number of benzene rings is 3. The SMILES string of the molecule is COc1ccc(NC(=O)COc2ccc(/C=N\NC(=O)CN(c3ccccn3)S(=O)(=O)c3ccccc3)cc2)cc1. The van der Waals surface area contributed by atoms with Crippen LogP contribution in [-0.2, 0) is 19.6 Å². The van der Waals surface area contributed by atoms with Crippen LogP contribution in [0.1, 0.15) is 5.56 Å². The number of amides is 2. The fourth-order valence-corrected chi connectivity index (χ4v) is 4.92. The van der Waals surface area contributed by atoms with E-state index in [1.54, 1.807) is 86.0 Å². The molecule has 0 atom stereocenters. The minimum Gasteiger partial charge on any atom is -0.497 e. The van der Waals surface area contributed by atoms with Gasteiger partial charge in [0, 0.05) is 11.9 Å². The molecule has 3 aromatic carbocycles. The molecule has 0 aliphatic heterocycles. The summed E-state index contributed by atoms with van der Waals surface area (Å²) < 4.78 is 38.0. The number of hydrogen-bond donors (Lipinski definition) is 2. The topological polar surface area (TPSA) is 139 Å². The Kier molecular flexibility index (Phi) is 9.62. The molecule has 0 aliphatic carbocycles. The molecule has 41 heavy (non-hydrogen) atoms. The largest absolute Gasteiger partial charge is 0.497 e. The summed E-state index contributed by atoms with van der Waals surface area (Å²) in [4.78, 5) is 28.9. The van der Waals surface area contributed by atoms with Crippen molar-refractivity contribution in [1.82, 2.24) is 10.4 Å². The van der Waals surface area contributed by atoms with E-state index in [9.17, 15) is 18.0 Å². The van der Waals surface area contributed by atoms with E-state index in [0.29, 0.717) is 22.7 Å². The Labute approximate surface area is 237 Å². The van der Waals surface area contributed by atoms with Gasteiger partial charge in [-0.25, -0.2) is 23.1 Å². The van der Waals surface area contributed by atoms with Gasteiger partial charge in [-0.05, 0) is 78.4 Å². The number of nitrogens with zero attached hydrogens (tertiary/aromatic N) is 3. The van der Waals surface area contributed by atoms with E-state index >= 15 is 0 Å². The molecule has 2 amide bonds. The summed E-state index contributed by atoms with van der Waals surface area (Å²) in [6.07, 6.45) is 2.84. The van der Waals surface area contributed by atoms with Crippen molar-refractivity contribution in [1.29, 1.82) is 0 Å². The number of carbonyl (C=O) groups excluding carboxylic acids is 2. The van der Waals surface area contributed by atoms with Crippen molar-refractivity contribution in [2.45, 2.75) is 4.90 Å². The van der Waals surface area contributed by atoms with Gasteiger partial charge in [-0.2, -0.15) is 5.10 Å². The lowest BCUT2D eigenvalue weighted by atomic mass is 10.2. The average Bonchev–Trinajstić information content (AvgIpc) is 3.00. The first kappa shape index (κ1) is 28.8. The lowest BCUT2D eigenvalue weighted by Crippen LogP contribution is -2.40. The molecule has 12 heteroatoms. The molecule has 4 aromatic rings. The zero-order chi connectivity index (χ0) is 29.1. The van der Waals surface area contributed by atoms with Gasteiger partial charge >= 0.3 is 0 Å². The summed E-state index contributed by atoms with van der Waals surface area (Å²) in [5, 5.41) is 6.66. The molecule has 0 aliphatic rings. The van der Waals surface area contributed by atoms with Gasteiger partial charge in [0.15, 0.2) is 6.61 Å². The first-order valence-electron chi connectivity index (χ1n) is 12.3. The maximum Gasteiger partial charge on any atom is 0.265 e. The highest BCUT2D eigenvalue weighted by Crippen LogP contribution is 2.21. The molecule has 0 unspecified atom stereocenters. The summed E-state index contributed by atoms with van der Waals surface area (Å²) in [6.45, 7) is -0.717. The third-order valence-corrected chi connectivity index (χ3v) is 7.31. The van der Waals surface area contributed by atoms with Gasteiger partial charge in [0.1, 0.15) is 23.9 Å². The van der Waals surface area contributed by atoms with Crippen molar-refractivity contribution < 1.29 is 27.5 Å². The molecule has 0 radical (unpaired) electrons. The van der Waals surface area contributed by atoms with E-state index < -0.39 is 22.5 Å². The Morgan fingerprint density at radius 2 is 1.56 bits per heavy atom. The zero-order valence-corrected chi connectivity index (χ0v) is 22.8. The molecular weight excluding hydrogens is 546 g/mol. The van der Waals surface area contributed by atoms with E-state index in [-0.39, 0.29) is 23.2 Å². The van der Waals surface area contributed by atoms with Crippen molar-refractivity contribution in [3.8, 4) is 11.5 Å². The lowest BCUT2D eigenvalue weighted by Gasteiger charge is -2.22. The van der Waals surface area contributed by atoms with Crippen LogP contribution in [0.25, 0.3) is 0 Å².